The summed E-state index contributed by atoms with van der Waals surface area (Å²) >= 11 is 0. The Labute approximate surface area is 227 Å². The van der Waals surface area contributed by atoms with Crippen LogP contribution in [0.3, 0.4) is 0 Å². The number of carbonyl (C=O) groups excluding carboxylic acids is 1. The summed E-state index contributed by atoms with van der Waals surface area (Å²) in [6, 6.07) is 17.6. The predicted octanol–water partition coefficient (Wildman–Crippen LogP) is 6.83. The lowest BCUT2D eigenvalue weighted by molar-refractivity contribution is 0.0971. The van der Waals surface area contributed by atoms with E-state index in [2.05, 4.69) is 6.92 Å². The van der Waals surface area contributed by atoms with Crippen molar-refractivity contribution in [2.24, 2.45) is 0 Å². The summed E-state index contributed by atoms with van der Waals surface area (Å²) in [5, 5.41) is 0.449. The Bertz CT molecular complexity index is 1560. The van der Waals surface area contributed by atoms with Crippen LogP contribution < -0.4 is 24.5 Å². The first-order valence-electron chi connectivity index (χ1n) is 13.5. The van der Waals surface area contributed by atoms with Crippen LogP contribution in [0.15, 0.2) is 69.9 Å². The molecule has 39 heavy (non-hydrogen) atoms. The molecule has 1 atom stereocenters. The van der Waals surface area contributed by atoms with Gasteiger partial charge in [-0.25, -0.2) is 0 Å². The van der Waals surface area contributed by atoms with Crippen LogP contribution in [0.5, 0.6) is 17.2 Å². The molecule has 1 amide bonds. The van der Waals surface area contributed by atoms with Gasteiger partial charge in [-0.15, -0.1) is 0 Å². The number of fused-ring (bicyclic) bond motifs is 2. The number of aryl methyl sites for hydroxylation is 1. The number of nitrogens with zero attached hydrogens (tertiary/aromatic N) is 1. The van der Waals surface area contributed by atoms with Crippen molar-refractivity contribution >= 4 is 22.6 Å². The van der Waals surface area contributed by atoms with E-state index in [9.17, 15) is 9.59 Å². The van der Waals surface area contributed by atoms with E-state index in [1.807, 2.05) is 69.3 Å². The Morgan fingerprint density at radius 1 is 0.846 bits per heavy atom. The number of anilines is 1. The zero-order chi connectivity index (χ0) is 27.5. The molecule has 0 aliphatic carbocycles. The van der Waals surface area contributed by atoms with Gasteiger partial charge in [-0.1, -0.05) is 31.0 Å². The van der Waals surface area contributed by atoms with Gasteiger partial charge in [-0.3, -0.25) is 14.5 Å². The third-order valence-electron chi connectivity index (χ3n) is 6.79. The fourth-order valence-corrected chi connectivity index (χ4v) is 4.95. The van der Waals surface area contributed by atoms with Crippen LogP contribution in [0.25, 0.3) is 11.0 Å². The molecular weight excluding hydrogens is 494 g/mol. The summed E-state index contributed by atoms with van der Waals surface area (Å²) in [6.45, 7) is 9.42. The van der Waals surface area contributed by atoms with Gasteiger partial charge in [0.15, 0.2) is 16.9 Å². The number of benzene rings is 3. The van der Waals surface area contributed by atoms with Gasteiger partial charge < -0.3 is 18.6 Å². The van der Waals surface area contributed by atoms with Crippen molar-refractivity contribution in [1.82, 2.24) is 0 Å². The molecule has 0 saturated carbocycles. The smallest absolute Gasteiger partial charge is 0.295 e. The lowest BCUT2D eigenvalue weighted by Crippen LogP contribution is -2.29. The molecule has 0 bridgehead atoms. The highest BCUT2D eigenvalue weighted by atomic mass is 16.5. The monoisotopic (exact) mass is 527 g/mol. The van der Waals surface area contributed by atoms with Gasteiger partial charge in [-0.05, 0) is 81.3 Å². The second-order valence-corrected chi connectivity index (χ2v) is 9.52. The molecule has 1 aliphatic heterocycles. The molecule has 7 nitrogen and oxygen atoms in total. The van der Waals surface area contributed by atoms with Crippen molar-refractivity contribution in [2.45, 2.75) is 46.6 Å². The summed E-state index contributed by atoms with van der Waals surface area (Å²) in [5.74, 6) is 1.58. The van der Waals surface area contributed by atoms with E-state index < -0.39 is 6.04 Å². The quantitative estimate of drug-likeness (QED) is 0.210. The van der Waals surface area contributed by atoms with Crippen molar-refractivity contribution in [2.75, 3.05) is 24.7 Å². The molecule has 1 aromatic heterocycles. The number of hydrogen-bond donors (Lipinski definition) is 0. The maximum Gasteiger partial charge on any atom is 0.295 e. The topological polar surface area (TPSA) is 78.2 Å². The van der Waals surface area contributed by atoms with E-state index in [1.165, 1.54) is 0 Å². The normalized spacial score (nSPS) is 14.5. The van der Waals surface area contributed by atoms with Crippen molar-refractivity contribution in [3.8, 4) is 17.2 Å². The Morgan fingerprint density at radius 2 is 1.62 bits per heavy atom. The summed E-state index contributed by atoms with van der Waals surface area (Å²) in [7, 11) is 0. The summed E-state index contributed by atoms with van der Waals surface area (Å²) < 4.78 is 23.6. The van der Waals surface area contributed by atoms with Gasteiger partial charge in [0.1, 0.15) is 11.3 Å². The fraction of sp³-hybridized carbons (Fsp3) is 0.312. The standard InChI is InChI=1S/C32H33NO6/c1-5-8-17-38-26-16-10-21(19-27(26)37-7-3)29-28-30(34)24-18-20(4)9-15-25(24)39-31(28)32(35)33(29)22-11-13-23(14-12-22)36-6-2/h9-16,18-19,29H,5-8,17H2,1-4H3. The molecule has 0 N–H and O–H groups in total. The maximum absolute atomic E-state index is 14.0. The molecule has 2 heterocycles. The Hall–Kier alpha value is -4.26. The Balaban J connectivity index is 1.69. The first kappa shape index (κ1) is 26.4. The van der Waals surface area contributed by atoms with Crippen molar-refractivity contribution in [1.29, 1.82) is 0 Å². The number of amides is 1. The zero-order valence-electron chi connectivity index (χ0n) is 22.8. The van der Waals surface area contributed by atoms with Gasteiger partial charge in [-0.2, -0.15) is 0 Å². The Kier molecular flexibility index (Phi) is 7.59. The average Bonchev–Trinajstić information content (AvgIpc) is 3.23. The average molecular weight is 528 g/mol. The highest BCUT2D eigenvalue weighted by Crippen LogP contribution is 2.43. The minimum atomic E-state index is -0.712. The third kappa shape index (κ3) is 4.97. The molecule has 7 heteroatoms. The van der Waals surface area contributed by atoms with Crippen molar-refractivity contribution in [3.05, 3.63) is 93.3 Å². The highest BCUT2D eigenvalue weighted by Gasteiger charge is 2.44. The first-order valence-corrected chi connectivity index (χ1v) is 13.5. The van der Waals surface area contributed by atoms with Crippen LogP contribution in [-0.2, 0) is 0 Å². The molecule has 202 valence electrons. The summed E-state index contributed by atoms with van der Waals surface area (Å²) in [6.07, 6.45) is 1.94. The van der Waals surface area contributed by atoms with Gasteiger partial charge in [0.05, 0.1) is 36.8 Å². The van der Waals surface area contributed by atoms with E-state index >= 15 is 0 Å². The van der Waals surface area contributed by atoms with Crippen LogP contribution in [0.1, 0.15) is 66.9 Å². The second-order valence-electron chi connectivity index (χ2n) is 9.52. The van der Waals surface area contributed by atoms with Crippen LogP contribution in [0.4, 0.5) is 5.69 Å². The largest absolute Gasteiger partial charge is 0.494 e. The Morgan fingerprint density at radius 3 is 2.33 bits per heavy atom. The molecule has 5 rings (SSSR count). The summed E-state index contributed by atoms with van der Waals surface area (Å²) in [5.41, 5.74) is 2.77. The van der Waals surface area contributed by atoms with E-state index in [1.54, 1.807) is 17.0 Å². The molecule has 1 aliphatic rings. The molecule has 0 fully saturated rings. The second kappa shape index (κ2) is 11.2. The fourth-order valence-electron chi connectivity index (χ4n) is 4.95. The lowest BCUT2D eigenvalue weighted by atomic mass is 9.97. The number of carbonyl (C=O) groups is 1. The third-order valence-corrected chi connectivity index (χ3v) is 6.79. The number of rotatable bonds is 10. The first-order chi connectivity index (χ1) is 19.0. The van der Waals surface area contributed by atoms with Gasteiger partial charge >= 0.3 is 0 Å². The van der Waals surface area contributed by atoms with Gasteiger partial charge in [0.2, 0.25) is 5.76 Å². The van der Waals surface area contributed by atoms with Crippen LogP contribution in [0.2, 0.25) is 0 Å². The van der Waals surface area contributed by atoms with Gasteiger partial charge in [0, 0.05) is 5.69 Å². The van der Waals surface area contributed by atoms with Crippen LogP contribution in [0, 0.1) is 6.92 Å². The predicted molar refractivity (Wildman–Crippen MR) is 151 cm³/mol. The minimum Gasteiger partial charge on any atom is -0.494 e. The molecule has 3 aromatic carbocycles. The van der Waals surface area contributed by atoms with E-state index in [0.29, 0.717) is 59.3 Å². The molecule has 0 saturated heterocycles. The molecular formula is C32H33NO6. The van der Waals surface area contributed by atoms with E-state index in [4.69, 9.17) is 18.6 Å². The lowest BCUT2D eigenvalue weighted by Gasteiger charge is -2.26. The number of hydrogen-bond acceptors (Lipinski definition) is 6. The van der Waals surface area contributed by atoms with E-state index in [-0.39, 0.29) is 17.1 Å². The minimum absolute atomic E-state index is 0.0523. The van der Waals surface area contributed by atoms with Gasteiger partial charge in [0.25, 0.3) is 5.91 Å². The molecule has 1 unspecified atom stereocenters. The maximum atomic E-state index is 14.0. The van der Waals surface area contributed by atoms with Crippen LogP contribution >= 0.6 is 0 Å². The molecule has 0 radical (unpaired) electrons. The highest BCUT2D eigenvalue weighted by molar-refractivity contribution is 6.10. The SMILES string of the molecule is CCCCOc1ccc(C2c3c(oc4ccc(C)cc4c3=O)C(=O)N2c2ccc(OCC)cc2)cc1OCC. The summed E-state index contributed by atoms with van der Waals surface area (Å²) in [4.78, 5) is 29.5. The number of unbranched alkanes of at least 4 members (excludes halogenated alkanes) is 1. The van der Waals surface area contributed by atoms with Crippen molar-refractivity contribution < 1.29 is 23.4 Å². The number of ether oxygens (including phenoxy) is 3. The molecule has 0 spiro atoms. The van der Waals surface area contributed by atoms with E-state index in [0.717, 1.165) is 24.0 Å². The van der Waals surface area contributed by atoms with Crippen molar-refractivity contribution in [3.63, 3.8) is 0 Å². The zero-order valence-corrected chi connectivity index (χ0v) is 22.8. The van der Waals surface area contributed by atoms with Crippen LogP contribution in [-0.4, -0.2) is 25.7 Å². The molecule has 4 aromatic rings.